The van der Waals surface area contributed by atoms with Crippen molar-refractivity contribution in [2.45, 2.75) is 25.9 Å². The first-order valence-corrected chi connectivity index (χ1v) is 11.4. The number of halogens is 2. The van der Waals surface area contributed by atoms with E-state index in [1.165, 1.54) is 23.1 Å². The molecule has 0 saturated heterocycles. The van der Waals surface area contributed by atoms with Gasteiger partial charge in [0, 0.05) is 37.2 Å². The number of aromatic nitrogens is 1. The van der Waals surface area contributed by atoms with Gasteiger partial charge in [-0.1, -0.05) is 48.9 Å². The highest BCUT2D eigenvalue weighted by Crippen LogP contribution is 2.32. The molecule has 0 fully saturated rings. The second-order valence-electron chi connectivity index (χ2n) is 8.01. The fourth-order valence-corrected chi connectivity index (χ4v) is 4.37. The molecule has 172 valence electrons. The minimum atomic E-state index is -0.558. The molecule has 1 atom stereocenters. The van der Waals surface area contributed by atoms with Crippen molar-refractivity contribution in [2.75, 3.05) is 25.0 Å². The van der Waals surface area contributed by atoms with Crippen LogP contribution in [-0.4, -0.2) is 45.9 Å². The second-order valence-corrected chi connectivity index (χ2v) is 8.41. The van der Waals surface area contributed by atoms with Gasteiger partial charge >= 0.3 is 6.03 Å². The Balaban J connectivity index is 1.53. The van der Waals surface area contributed by atoms with E-state index in [-0.39, 0.29) is 23.5 Å². The van der Waals surface area contributed by atoms with E-state index in [0.717, 1.165) is 11.3 Å². The zero-order valence-electron chi connectivity index (χ0n) is 18.4. The maximum atomic E-state index is 13.5. The predicted octanol–water partition coefficient (Wildman–Crippen LogP) is 5.16. The van der Waals surface area contributed by atoms with Gasteiger partial charge in [-0.25, -0.2) is 9.18 Å². The smallest absolute Gasteiger partial charge is 0.322 e. The van der Waals surface area contributed by atoms with Crippen LogP contribution >= 0.6 is 11.6 Å². The number of amides is 3. The van der Waals surface area contributed by atoms with Crippen molar-refractivity contribution in [3.05, 3.63) is 89.0 Å². The van der Waals surface area contributed by atoms with E-state index in [9.17, 15) is 14.0 Å². The molecule has 1 N–H and O–H groups in total. The molecule has 0 spiro atoms. The molecule has 1 aliphatic rings. The van der Waals surface area contributed by atoms with Gasteiger partial charge in [0.15, 0.2) is 0 Å². The maximum Gasteiger partial charge on any atom is 0.322 e. The number of hydrogen-bond acceptors (Lipinski definition) is 2. The molecule has 4 rings (SSSR count). The summed E-state index contributed by atoms with van der Waals surface area (Å²) in [6.07, 6.45) is 2.72. The number of hydrogen-bond donors (Lipinski definition) is 1. The molecule has 1 aromatic heterocycles. The number of carbonyl (C=O) groups excluding carboxylic acids is 2. The highest BCUT2D eigenvalue weighted by molar-refractivity contribution is 6.31. The van der Waals surface area contributed by atoms with Gasteiger partial charge in [-0.05, 0) is 42.3 Å². The molecule has 0 radical (unpaired) electrons. The van der Waals surface area contributed by atoms with E-state index in [1.54, 1.807) is 0 Å². The summed E-state index contributed by atoms with van der Waals surface area (Å²) in [5.41, 5.74) is 2.45. The number of carbonyl (C=O) groups is 2. The number of anilines is 1. The standard InChI is InChI=1S/C25H26ClFN4O2/c1-2-12-30(25(33)28-19-10-11-21(27)20(26)16-19)17-23(32)31-15-14-29-13-6-9-22(29)24(31)18-7-4-3-5-8-18/h3-11,13,16,24H,2,12,14-15,17H2,1H3,(H,28,33)/t24-/m1/s1. The van der Waals surface area contributed by atoms with Gasteiger partial charge in [0.1, 0.15) is 12.4 Å². The Hall–Kier alpha value is -3.32. The van der Waals surface area contributed by atoms with Crippen molar-refractivity contribution in [2.24, 2.45) is 0 Å². The zero-order chi connectivity index (χ0) is 23.4. The van der Waals surface area contributed by atoms with Crippen LogP contribution in [0.15, 0.2) is 66.9 Å². The molecule has 6 nitrogen and oxygen atoms in total. The number of nitrogens with zero attached hydrogens (tertiary/aromatic N) is 3. The van der Waals surface area contributed by atoms with Crippen molar-refractivity contribution in [1.29, 1.82) is 0 Å². The summed E-state index contributed by atoms with van der Waals surface area (Å²) in [7, 11) is 0. The molecule has 1 aliphatic heterocycles. The first kappa shape index (κ1) is 22.9. The van der Waals surface area contributed by atoms with Gasteiger partial charge in [0.05, 0.1) is 11.1 Å². The average molecular weight is 469 g/mol. The fraction of sp³-hybridized carbons (Fsp3) is 0.280. The van der Waals surface area contributed by atoms with Gasteiger partial charge in [-0.2, -0.15) is 0 Å². The van der Waals surface area contributed by atoms with Crippen molar-refractivity contribution in [3.63, 3.8) is 0 Å². The lowest BCUT2D eigenvalue weighted by atomic mass is 10.00. The van der Waals surface area contributed by atoms with Crippen LogP contribution in [0.1, 0.15) is 30.6 Å². The van der Waals surface area contributed by atoms with E-state index >= 15 is 0 Å². The lowest BCUT2D eigenvalue weighted by molar-refractivity contribution is -0.134. The van der Waals surface area contributed by atoms with E-state index in [0.29, 0.717) is 31.7 Å². The first-order chi connectivity index (χ1) is 16.0. The summed E-state index contributed by atoms with van der Waals surface area (Å²) in [6.45, 7) is 3.55. The zero-order valence-corrected chi connectivity index (χ0v) is 19.1. The SMILES string of the molecule is CCCN(CC(=O)N1CCn2cccc2[C@H]1c1ccccc1)C(=O)Nc1ccc(F)c(Cl)c1. The molecule has 33 heavy (non-hydrogen) atoms. The van der Waals surface area contributed by atoms with Crippen molar-refractivity contribution < 1.29 is 14.0 Å². The molecule has 2 aromatic carbocycles. The summed E-state index contributed by atoms with van der Waals surface area (Å²) in [5, 5.41) is 2.64. The van der Waals surface area contributed by atoms with Crippen LogP contribution in [0, 0.1) is 5.82 Å². The number of benzene rings is 2. The lowest BCUT2D eigenvalue weighted by Gasteiger charge is -2.38. The molecule has 3 aromatic rings. The van der Waals surface area contributed by atoms with Crippen LogP contribution in [0.25, 0.3) is 0 Å². The summed E-state index contributed by atoms with van der Waals surface area (Å²) < 4.78 is 15.6. The third-order valence-corrected chi connectivity index (χ3v) is 6.04. The Morgan fingerprint density at radius 1 is 1.12 bits per heavy atom. The lowest BCUT2D eigenvalue weighted by Crippen LogP contribution is -2.48. The molecular weight excluding hydrogens is 443 g/mol. The van der Waals surface area contributed by atoms with Crippen LogP contribution < -0.4 is 5.32 Å². The predicted molar refractivity (Wildman–Crippen MR) is 127 cm³/mol. The third-order valence-electron chi connectivity index (χ3n) is 5.75. The van der Waals surface area contributed by atoms with Gasteiger partial charge in [0.25, 0.3) is 0 Å². The van der Waals surface area contributed by atoms with Crippen LogP contribution in [0.3, 0.4) is 0 Å². The Morgan fingerprint density at radius 3 is 2.64 bits per heavy atom. The normalized spacial score (nSPS) is 15.1. The first-order valence-electron chi connectivity index (χ1n) is 11.0. The molecule has 2 heterocycles. The monoisotopic (exact) mass is 468 g/mol. The topological polar surface area (TPSA) is 57.6 Å². The fourth-order valence-electron chi connectivity index (χ4n) is 4.19. The van der Waals surface area contributed by atoms with Gasteiger partial charge in [-0.3, -0.25) is 4.79 Å². The minimum Gasteiger partial charge on any atom is -0.348 e. The van der Waals surface area contributed by atoms with Crippen LogP contribution in [0.2, 0.25) is 5.02 Å². The van der Waals surface area contributed by atoms with Crippen LogP contribution in [-0.2, 0) is 11.3 Å². The number of rotatable bonds is 6. The van der Waals surface area contributed by atoms with Crippen molar-refractivity contribution >= 4 is 29.2 Å². The highest BCUT2D eigenvalue weighted by Gasteiger charge is 2.33. The largest absolute Gasteiger partial charge is 0.348 e. The molecule has 0 saturated carbocycles. The molecule has 0 bridgehead atoms. The molecule has 8 heteroatoms. The average Bonchev–Trinajstić information content (AvgIpc) is 3.30. The van der Waals surface area contributed by atoms with Crippen LogP contribution in [0.5, 0.6) is 0 Å². The highest BCUT2D eigenvalue weighted by atomic mass is 35.5. The van der Waals surface area contributed by atoms with Crippen molar-refractivity contribution in [3.8, 4) is 0 Å². The Labute approximate surface area is 197 Å². The van der Waals surface area contributed by atoms with Crippen molar-refractivity contribution in [1.82, 2.24) is 14.4 Å². The number of nitrogens with one attached hydrogen (secondary N) is 1. The number of fused-ring (bicyclic) bond motifs is 1. The van der Waals surface area contributed by atoms with Gasteiger partial charge in [0.2, 0.25) is 5.91 Å². The van der Waals surface area contributed by atoms with E-state index in [1.807, 2.05) is 60.5 Å². The second kappa shape index (κ2) is 10.1. The Kier molecular flexibility index (Phi) is 6.99. The third kappa shape index (κ3) is 5.03. The molecular formula is C25H26ClFN4O2. The molecule has 0 unspecified atom stereocenters. The Bertz CT molecular complexity index is 1130. The number of urea groups is 1. The molecule has 3 amide bonds. The summed E-state index contributed by atoms with van der Waals surface area (Å²) >= 11 is 5.83. The van der Waals surface area contributed by atoms with Gasteiger partial charge in [-0.15, -0.1) is 0 Å². The molecule has 0 aliphatic carbocycles. The Morgan fingerprint density at radius 2 is 1.91 bits per heavy atom. The summed E-state index contributed by atoms with van der Waals surface area (Å²) in [4.78, 5) is 29.7. The minimum absolute atomic E-state index is 0.0569. The quantitative estimate of drug-likeness (QED) is 0.543. The summed E-state index contributed by atoms with van der Waals surface area (Å²) in [5.74, 6) is -0.686. The maximum absolute atomic E-state index is 13.5. The van der Waals surface area contributed by atoms with E-state index in [4.69, 9.17) is 11.6 Å². The van der Waals surface area contributed by atoms with Crippen LogP contribution in [0.4, 0.5) is 14.9 Å². The van der Waals surface area contributed by atoms with Gasteiger partial charge < -0.3 is 19.7 Å². The van der Waals surface area contributed by atoms with E-state index in [2.05, 4.69) is 9.88 Å². The summed E-state index contributed by atoms with van der Waals surface area (Å²) in [6, 6.07) is 17.3. The van der Waals surface area contributed by atoms with E-state index < -0.39 is 11.8 Å².